The number of ether oxygens (including phenoxy) is 2. The molecule has 0 atom stereocenters. The smallest absolute Gasteiger partial charge is 0.282 e. The first-order chi connectivity index (χ1) is 16.6. The number of sulfonamides is 2. The standard InChI is InChI=1S/C24H19ClN2O6S2/c1-32-16-7-11-18(12-8-16)34(28,29)26-23-15-22(25)24(21-6-4-3-5-20(21)23)27-35(30,31)19-13-9-17(33-2)10-14-19/h3-15H,1-2H3. The highest BCUT2D eigenvalue weighted by Gasteiger charge is 2.26. The molecule has 0 radical (unpaired) electrons. The quantitative estimate of drug-likeness (QED) is 0.472. The highest BCUT2D eigenvalue weighted by atomic mass is 35.5. The largest absolute Gasteiger partial charge is 0.497 e. The second-order valence-corrected chi connectivity index (χ2v) is 10.9. The van der Waals surface area contributed by atoms with Crippen LogP contribution in [0.5, 0.6) is 11.5 Å². The van der Waals surface area contributed by atoms with Gasteiger partial charge in [-0.3, -0.25) is 0 Å². The van der Waals surface area contributed by atoms with E-state index in [1.54, 1.807) is 24.3 Å². The average molecular weight is 531 g/mol. The predicted molar refractivity (Wildman–Crippen MR) is 134 cm³/mol. The van der Waals surface area contributed by atoms with Crippen molar-refractivity contribution in [1.82, 2.24) is 0 Å². The van der Waals surface area contributed by atoms with Crippen LogP contribution in [-0.2, 0) is 20.0 Å². The van der Waals surface area contributed by atoms with Gasteiger partial charge in [-0.05, 0) is 54.6 Å². The number of rotatable bonds is 6. The van der Waals surface area contributed by atoms with Crippen LogP contribution < -0.4 is 9.47 Å². The van der Waals surface area contributed by atoms with Crippen LogP contribution in [0.3, 0.4) is 0 Å². The van der Waals surface area contributed by atoms with Crippen molar-refractivity contribution in [3.8, 4) is 11.5 Å². The first-order valence-corrected chi connectivity index (χ1v) is 13.4. The molecule has 0 saturated carbocycles. The van der Waals surface area contributed by atoms with Crippen molar-refractivity contribution in [1.29, 1.82) is 0 Å². The molecule has 4 rings (SSSR count). The molecule has 1 aliphatic rings. The molecule has 0 aromatic heterocycles. The molecular formula is C24H19ClN2O6S2. The van der Waals surface area contributed by atoms with Crippen molar-refractivity contribution in [2.45, 2.75) is 9.79 Å². The first-order valence-electron chi connectivity index (χ1n) is 10.1. The fourth-order valence-electron chi connectivity index (χ4n) is 3.33. The number of fused-ring (bicyclic) bond motifs is 1. The van der Waals surface area contributed by atoms with E-state index >= 15 is 0 Å². The Bertz CT molecular complexity index is 1580. The minimum absolute atomic E-state index is 0.0149. The molecule has 0 aliphatic heterocycles. The fraction of sp³-hybridized carbons (Fsp3) is 0.0833. The van der Waals surface area contributed by atoms with Crippen LogP contribution >= 0.6 is 11.6 Å². The van der Waals surface area contributed by atoms with E-state index in [1.165, 1.54) is 68.8 Å². The van der Waals surface area contributed by atoms with Gasteiger partial charge in [0.2, 0.25) is 0 Å². The number of hydrogen-bond donors (Lipinski definition) is 0. The maximum Gasteiger partial charge on any atom is 0.282 e. The van der Waals surface area contributed by atoms with Crippen LogP contribution in [0.2, 0.25) is 0 Å². The summed E-state index contributed by atoms with van der Waals surface area (Å²) in [5.74, 6) is 0.998. The van der Waals surface area contributed by atoms with E-state index in [2.05, 4.69) is 8.80 Å². The predicted octanol–water partition coefficient (Wildman–Crippen LogP) is 4.20. The van der Waals surface area contributed by atoms with E-state index in [1.807, 2.05) is 0 Å². The highest BCUT2D eigenvalue weighted by molar-refractivity contribution is 7.90. The summed E-state index contributed by atoms with van der Waals surface area (Å²) in [4.78, 5) is -0.0800. The molecular weight excluding hydrogens is 512 g/mol. The Morgan fingerprint density at radius 2 is 1.11 bits per heavy atom. The second-order valence-electron chi connectivity index (χ2n) is 7.26. The summed E-state index contributed by atoms with van der Waals surface area (Å²) in [5, 5.41) is -0.0653. The molecule has 3 aromatic carbocycles. The molecule has 0 amide bonds. The van der Waals surface area contributed by atoms with Crippen molar-refractivity contribution in [3.63, 3.8) is 0 Å². The summed E-state index contributed by atoms with van der Waals surface area (Å²) in [6.07, 6.45) is 1.29. The van der Waals surface area contributed by atoms with Crippen molar-refractivity contribution in [2.75, 3.05) is 14.2 Å². The third-order valence-corrected chi connectivity index (χ3v) is 7.98. The minimum Gasteiger partial charge on any atom is -0.497 e. The molecule has 180 valence electrons. The molecule has 0 bridgehead atoms. The number of hydrogen-bond acceptors (Lipinski definition) is 6. The number of nitrogens with zero attached hydrogens (tertiary/aromatic N) is 2. The summed E-state index contributed by atoms with van der Waals surface area (Å²) in [5.41, 5.74) is 0.750. The third-order valence-electron chi connectivity index (χ3n) is 5.09. The van der Waals surface area contributed by atoms with Crippen LogP contribution in [-0.4, -0.2) is 42.5 Å². The zero-order valence-corrected chi connectivity index (χ0v) is 20.9. The van der Waals surface area contributed by atoms with Crippen LogP contribution in [0, 0.1) is 0 Å². The Morgan fingerprint density at radius 3 is 1.60 bits per heavy atom. The van der Waals surface area contributed by atoms with Gasteiger partial charge in [-0.1, -0.05) is 35.9 Å². The Balaban J connectivity index is 1.80. The highest BCUT2D eigenvalue weighted by Crippen LogP contribution is 2.28. The molecule has 35 heavy (non-hydrogen) atoms. The van der Waals surface area contributed by atoms with Gasteiger partial charge in [-0.2, -0.15) is 25.6 Å². The molecule has 0 unspecified atom stereocenters. The SMILES string of the molecule is COc1ccc(S(=O)(=O)N=C2C=C(Cl)C(=NS(=O)(=O)c3ccc(OC)cc3)c3ccccc32)cc1. The van der Waals surface area contributed by atoms with Gasteiger partial charge in [-0.15, -0.1) is 0 Å². The molecule has 8 nitrogen and oxygen atoms in total. The van der Waals surface area contributed by atoms with Crippen LogP contribution in [0.15, 0.2) is 102 Å². The van der Waals surface area contributed by atoms with Gasteiger partial charge in [0.1, 0.15) is 17.2 Å². The molecule has 0 N–H and O–H groups in total. The van der Waals surface area contributed by atoms with Crippen molar-refractivity contribution >= 4 is 43.1 Å². The van der Waals surface area contributed by atoms with E-state index in [0.29, 0.717) is 22.6 Å². The zero-order valence-electron chi connectivity index (χ0n) is 18.5. The van der Waals surface area contributed by atoms with Crippen LogP contribution in [0.4, 0.5) is 0 Å². The van der Waals surface area contributed by atoms with E-state index in [0.717, 1.165) is 0 Å². The molecule has 1 aliphatic carbocycles. The lowest BCUT2D eigenvalue weighted by Gasteiger charge is -2.17. The summed E-state index contributed by atoms with van der Waals surface area (Å²) < 4.78 is 69.8. The van der Waals surface area contributed by atoms with Gasteiger partial charge >= 0.3 is 0 Å². The average Bonchev–Trinajstić information content (AvgIpc) is 2.86. The molecule has 3 aromatic rings. The maximum atomic E-state index is 13.0. The Hall–Kier alpha value is -3.47. The lowest BCUT2D eigenvalue weighted by molar-refractivity contribution is 0.414. The maximum absolute atomic E-state index is 13.0. The number of methoxy groups -OCH3 is 2. The van der Waals surface area contributed by atoms with Gasteiger partial charge in [0.15, 0.2) is 0 Å². The van der Waals surface area contributed by atoms with Crippen molar-refractivity contribution in [3.05, 3.63) is 95.0 Å². The summed E-state index contributed by atoms with van der Waals surface area (Å²) in [7, 11) is -5.27. The number of allylic oxidation sites excluding steroid dienone is 2. The Kier molecular flexibility index (Phi) is 6.79. The topological polar surface area (TPSA) is 111 Å². The number of halogens is 1. The number of benzene rings is 3. The first kappa shape index (κ1) is 24.6. The Labute approximate surface area is 208 Å². The molecule has 0 heterocycles. The van der Waals surface area contributed by atoms with Crippen LogP contribution in [0.25, 0.3) is 0 Å². The van der Waals surface area contributed by atoms with Gasteiger partial charge in [0, 0.05) is 11.1 Å². The minimum atomic E-state index is -4.13. The van der Waals surface area contributed by atoms with E-state index in [4.69, 9.17) is 21.1 Å². The van der Waals surface area contributed by atoms with Gasteiger partial charge in [0.05, 0.1) is 34.8 Å². The lowest BCUT2D eigenvalue weighted by Crippen LogP contribution is -2.19. The van der Waals surface area contributed by atoms with Gasteiger partial charge < -0.3 is 9.47 Å². The lowest BCUT2D eigenvalue weighted by atomic mass is 9.94. The normalized spacial score (nSPS) is 16.0. The van der Waals surface area contributed by atoms with Crippen LogP contribution in [0.1, 0.15) is 11.1 Å². The van der Waals surface area contributed by atoms with Gasteiger partial charge in [-0.25, -0.2) is 0 Å². The summed E-state index contributed by atoms with van der Waals surface area (Å²) >= 11 is 6.41. The van der Waals surface area contributed by atoms with E-state index in [9.17, 15) is 16.8 Å². The Morgan fingerprint density at radius 1 is 0.657 bits per heavy atom. The fourth-order valence-corrected chi connectivity index (χ4v) is 5.64. The monoisotopic (exact) mass is 530 g/mol. The molecule has 0 saturated heterocycles. The van der Waals surface area contributed by atoms with Crippen molar-refractivity contribution in [2.24, 2.45) is 8.80 Å². The summed E-state index contributed by atoms with van der Waals surface area (Å²) in [6.45, 7) is 0. The summed E-state index contributed by atoms with van der Waals surface area (Å²) in [6, 6.07) is 18.1. The molecule has 0 fully saturated rings. The van der Waals surface area contributed by atoms with Crippen molar-refractivity contribution < 1.29 is 26.3 Å². The van der Waals surface area contributed by atoms with E-state index < -0.39 is 20.0 Å². The molecule has 11 heteroatoms. The molecule has 0 spiro atoms. The zero-order chi connectivity index (χ0) is 25.2. The van der Waals surface area contributed by atoms with E-state index in [-0.39, 0.29) is 26.2 Å². The second kappa shape index (κ2) is 9.65. The third kappa shape index (κ3) is 5.14. The van der Waals surface area contributed by atoms with Gasteiger partial charge in [0.25, 0.3) is 20.0 Å².